The number of carbonyl (C=O) groups is 1. The minimum Gasteiger partial charge on any atom is -0.475 e. The third-order valence-corrected chi connectivity index (χ3v) is 11.6. The number of hydrogen-bond donors (Lipinski definition) is 1. The number of hydrogen-bond acceptors (Lipinski definition) is 7. The Hall–Kier alpha value is -3.92. The molecule has 2 fully saturated rings. The van der Waals surface area contributed by atoms with Gasteiger partial charge in [0.05, 0.1) is 28.6 Å². The number of anilines is 1. The topological polar surface area (TPSA) is 105 Å². The molecule has 2 heterocycles. The van der Waals surface area contributed by atoms with Crippen molar-refractivity contribution in [3.8, 4) is 17.1 Å². The minimum atomic E-state index is -4.56. The van der Waals surface area contributed by atoms with Gasteiger partial charge in [0.25, 0.3) is 15.9 Å². The van der Waals surface area contributed by atoms with Crippen LogP contribution in [0.1, 0.15) is 66.4 Å². The lowest BCUT2D eigenvalue weighted by atomic mass is 9.86. The Morgan fingerprint density at radius 3 is 2.22 bits per heavy atom. The van der Waals surface area contributed by atoms with Crippen LogP contribution in [0, 0.1) is 19.3 Å². The number of amides is 1. The zero-order chi connectivity index (χ0) is 36.9. The highest BCUT2D eigenvalue weighted by molar-refractivity contribution is 7.92. The van der Waals surface area contributed by atoms with E-state index in [4.69, 9.17) is 4.74 Å². The summed E-state index contributed by atoms with van der Waals surface area (Å²) in [4.78, 5) is 25.5. The number of nitrogens with zero attached hydrogens (tertiary/aromatic N) is 4. The first-order chi connectivity index (χ1) is 23.9. The number of benzene rings is 2. The summed E-state index contributed by atoms with van der Waals surface area (Å²) in [6.07, 6.45) is -8.72. The van der Waals surface area contributed by atoms with Crippen molar-refractivity contribution >= 4 is 21.9 Å². The Morgan fingerprint density at radius 2 is 1.61 bits per heavy atom. The predicted molar refractivity (Wildman–Crippen MR) is 177 cm³/mol. The molecule has 2 aromatic carbocycles. The van der Waals surface area contributed by atoms with Crippen molar-refractivity contribution in [3.05, 3.63) is 65.2 Å². The average molecular weight is 740 g/mol. The van der Waals surface area contributed by atoms with Gasteiger partial charge in [0, 0.05) is 29.3 Å². The summed E-state index contributed by atoms with van der Waals surface area (Å²) in [5.41, 5.74) is 0.531. The molecule has 3 aliphatic rings. The molecule has 2 saturated carbocycles. The Labute approximate surface area is 292 Å². The molecule has 6 rings (SSSR count). The molecule has 276 valence electrons. The maximum atomic E-state index is 14.5. The molecule has 9 nitrogen and oxygen atoms in total. The third-order valence-electron chi connectivity index (χ3n) is 10.3. The first-order valence-electron chi connectivity index (χ1n) is 16.7. The van der Waals surface area contributed by atoms with Crippen LogP contribution in [0.5, 0.6) is 5.88 Å². The molecule has 0 saturated heterocycles. The van der Waals surface area contributed by atoms with Crippen molar-refractivity contribution in [1.29, 1.82) is 0 Å². The fraction of sp³-hybridized carbons (Fsp3) is 0.514. The van der Waals surface area contributed by atoms with Gasteiger partial charge in [-0.05, 0) is 95.2 Å². The van der Waals surface area contributed by atoms with E-state index >= 15 is 0 Å². The summed E-state index contributed by atoms with van der Waals surface area (Å²) in [5, 5.41) is 0. The molecule has 0 radical (unpaired) electrons. The maximum absolute atomic E-state index is 14.5. The van der Waals surface area contributed by atoms with Crippen molar-refractivity contribution in [2.45, 2.75) is 94.2 Å². The van der Waals surface area contributed by atoms with Crippen LogP contribution in [0.25, 0.3) is 11.3 Å². The van der Waals surface area contributed by atoms with Crippen LogP contribution in [0.2, 0.25) is 0 Å². The zero-order valence-electron chi connectivity index (χ0n) is 28.3. The lowest BCUT2D eigenvalue weighted by Gasteiger charge is -2.44. The number of carbonyl (C=O) groups excluding carboxylic acids is 1. The second-order valence-electron chi connectivity index (χ2n) is 14.0. The highest BCUT2D eigenvalue weighted by Crippen LogP contribution is 2.61. The van der Waals surface area contributed by atoms with Gasteiger partial charge >= 0.3 is 12.4 Å². The highest BCUT2D eigenvalue weighted by Gasteiger charge is 2.64. The normalized spacial score (nSPS) is 23.4. The number of rotatable bonds is 6. The minimum absolute atomic E-state index is 0.0702. The Morgan fingerprint density at radius 1 is 0.961 bits per heavy atom. The lowest BCUT2D eigenvalue weighted by Crippen LogP contribution is -2.54. The SMILES string of the molecule is Cc1cccc(C)c1-c1cc2nc(n1)NS(=O)(=O)c1cccc(c1)C(=O)N([C@H]1CC[C@@H](N(C)CC(F)(F)F)CC1)[C@H](CC1(C(F)(F)F)CC1)CO2. The van der Waals surface area contributed by atoms with Gasteiger partial charge in [-0.2, -0.15) is 31.3 Å². The first kappa shape index (κ1) is 36.9. The number of sulfonamides is 1. The number of fused-ring (bicyclic) bond motifs is 4. The highest BCUT2D eigenvalue weighted by atomic mass is 32.2. The number of alkyl halides is 6. The van der Waals surface area contributed by atoms with E-state index in [1.54, 1.807) is 0 Å². The zero-order valence-corrected chi connectivity index (χ0v) is 29.1. The van der Waals surface area contributed by atoms with Crippen LogP contribution < -0.4 is 9.46 Å². The third kappa shape index (κ3) is 7.96. The van der Waals surface area contributed by atoms with Crippen molar-refractivity contribution in [2.24, 2.45) is 5.41 Å². The summed E-state index contributed by atoms with van der Waals surface area (Å²) < 4.78 is 119. The molecule has 0 spiro atoms. The summed E-state index contributed by atoms with van der Waals surface area (Å²) in [6.45, 7) is 2.18. The molecule has 1 atom stereocenters. The van der Waals surface area contributed by atoms with E-state index in [0.29, 0.717) is 11.3 Å². The number of nitrogens with one attached hydrogen (secondary N) is 1. The van der Waals surface area contributed by atoms with Gasteiger partial charge < -0.3 is 9.64 Å². The predicted octanol–water partition coefficient (Wildman–Crippen LogP) is 7.30. The summed E-state index contributed by atoms with van der Waals surface area (Å²) >= 11 is 0. The number of halogens is 6. The van der Waals surface area contributed by atoms with Gasteiger partial charge in [-0.3, -0.25) is 9.69 Å². The molecule has 1 aromatic heterocycles. The molecule has 4 bridgehead atoms. The van der Waals surface area contributed by atoms with Crippen molar-refractivity contribution < 1.29 is 44.3 Å². The van der Waals surface area contributed by atoms with Gasteiger partial charge in [0.1, 0.15) is 6.61 Å². The molecular formula is C35H39F6N5O4S. The van der Waals surface area contributed by atoms with Crippen LogP contribution >= 0.6 is 0 Å². The van der Waals surface area contributed by atoms with Gasteiger partial charge in [0.15, 0.2) is 0 Å². The van der Waals surface area contributed by atoms with E-state index in [0.717, 1.165) is 17.2 Å². The second kappa shape index (κ2) is 13.6. The van der Waals surface area contributed by atoms with Gasteiger partial charge in [-0.15, -0.1) is 0 Å². The van der Waals surface area contributed by atoms with Gasteiger partial charge in [-0.1, -0.05) is 24.3 Å². The van der Waals surface area contributed by atoms with Crippen LogP contribution in [-0.4, -0.2) is 84.8 Å². The van der Waals surface area contributed by atoms with E-state index in [-0.39, 0.29) is 60.8 Å². The molecule has 16 heteroatoms. The smallest absolute Gasteiger partial charge is 0.401 e. The molecule has 1 N–H and O–H groups in total. The molecular weight excluding hydrogens is 700 g/mol. The van der Waals surface area contributed by atoms with Crippen molar-refractivity contribution in [2.75, 3.05) is 24.9 Å². The molecule has 0 unspecified atom stereocenters. The number of ether oxygens (including phenoxy) is 1. The van der Waals surface area contributed by atoms with E-state index in [9.17, 15) is 39.6 Å². The van der Waals surface area contributed by atoms with Crippen LogP contribution in [0.3, 0.4) is 0 Å². The monoisotopic (exact) mass is 739 g/mol. The molecule has 3 aromatic rings. The molecule has 2 aliphatic carbocycles. The molecule has 1 aliphatic heterocycles. The van der Waals surface area contributed by atoms with Crippen molar-refractivity contribution in [1.82, 2.24) is 19.8 Å². The largest absolute Gasteiger partial charge is 0.475 e. The fourth-order valence-corrected chi connectivity index (χ4v) is 8.45. The average Bonchev–Trinajstić information content (AvgIpc) is 3.84. The quantitative estimate of drug-likeness (QED) is 0.265. The van der Waals surface area contributed by atoms with E-state index in [1.807, 2.05) is 32.0 Å². The van der Waals surface area contributed by atoms with Crippen molar-refractivity contribution in [3.63, 3.8) is 0 Å². The number of aryl methyl sites for hydroxylation is 2. The number of aromatic nitrogens is 2. The Balaban J connectivity index is 1.44. The fourth-order valence-electron chi connectivity index (χ4n) is 7.46. The van der Waals surface area contributed by atoms with Gasteiger partial charge in [-0.25, -0.2) is 18.1 Å². The van der Waals surface area contributed by atoms with E-state index < -0.39 is 71.4 Å². The molecule has 51 heavy (non-hydrogen) atoms. The van der Waals surface area contributed by atoms with Crippen LogP contribution in [0.15, 0.2) is 53.4 Å². The summed E-state index contributed by atoms with van der Waals surface area (Å²) in [6, 6.07) is 9.98. The second-order valence-corrected chi connectivity index (χ2v) is 15.6. The van der Waals surface area contributed by atoms with Crippen LogP contribution in [-0.2, 0) is 10.0 Å². The maximum Gasteiger partial charge on any atom is 0.401 e. The van der Waals surface area contributed by atoms with Crippen LogP contribution in [0.4, 0.5) is 32.3 Å². The van der Waals surface area contributed by atoms with E-state index in [1.165, 1.54) is 41.1 Å². The Bertz CT molecular complexity index is 1870. The standard InChI is InChI=1S/C35H39F6N5O4S/c1-21-6-4-7-22(2)30(21)28-17-29-43-32(42-28)44-51(48,49)27-9-5-8-23(16-27)31(47)46(26(19-50-29)18-33(14-15-33)35(39,40)41)25-12-10-24(11-13-25)45(3)20-34(36,37)38/h4-9,16-17,24-26H,10-15,18-20H2,1-3H3,(H,42,43,44)/t24-,25+,26-/m1/s1. The van der Waals surface area contributed by atoms with Gasteiger partial charge in [0.2, 0.25) is 11.8 Å². The van der Waals surface area contributed by atoms with E-state index in [2.05, 4.69) is 14.7 Å². The summed E-state index contributed by atoms with van der Waals surface area (Å²) in [5.74, 6) is -1.14. The first-order valence-corrected chi connectivity index (χ1v) is 18.2. The lowest BCUT2D eigenvalue weighted by molar-refractivity contribution is -0.193. The Kier molecular flexibility index (Phi) is 9.80. The summed E-state index contributed by atoms with van der Waals surface area (Å²) in [7, 11) is -3.00. The molecule has 1 amide bonds.